The van der Waals surface area contributed by atoms with Gasteiger partial charge in [0.2, 0.25) is 0 Å². The number of fused-ring (bicyclic) bond motifs is 1. The molecule has 2 rings (SSSR count). The summed E-state index contributed by atoms with van der Waals surface area (Å²) < 4.78 is 5.96. The Morgan fingerprint density at radius 3 is 3.06 bits per heavy atom. The van der Waals surface area contributed by atoms with Gasteiger partial charge in [-0.2, -0.15) is 0 Å². The fourth-order valence-corrected chi connectivity index (χ4v) is 2.29. The quantitative estimate of drug-likeness (QED) is 0.833. The highest BCUT2D eigenvalue weighted by molar-refractivity contribution is 7.80. The third-order valence-electron chi connectivity index (χ3n) is 3.35. The highest BCUT2D eigenvalue weighted by Crippen LogP contribution is 2.32. The highest BCUT2D eigenvalue weighted by atomic mass is 32.1. The smallest absolute Gasteiger partial charge is 0.0828 e. The van der Waals surface area contributed by atoms with Gasteiger partial charge in [-0.3, -0.25) is 0 Å². The Kier molecular flexibility index (Phi) is 4.13. The molecule has 0 saturated carbocycles. The van der Waals surface area contributed by atoms with Gasteiger partial charge in [-0.05, 0) is 30.4 Å². The van der Waals surface area contributed by atoms with E-state index >= 15 is 0 Å². The van der Waals surface area contributed by atoms with Gasteiger partial charge in [0.05, 0.1) is 17.7 Å². The second-order valence-corrected chi connectivity index (χ2v) is 5.19. The number of nitrogens with two attached hydrogens (primary N) is 1. The Morgan fingerprint density at radius 2 is 2.29 bits per heavy atom. The summed E-state index contributed by atoms with van der Waals surface area (Å²) in [6.07, 6.45) is 3.68. The van der Waals surface area contributed by atoms with Gasteiger partial charge in [0.15, 0.2) is 0 Å². The van der Waals surface area contributed by atoms with Gasteiger partial charge in [-0.1, -0.05) is 43.4 Å². The van der Waals surface area contributed by atoms with Crippen molar-refractivity contribution in [2.75, 3.05) is 6.61 Å². The molecule has 1 aliphatic rings. The minimum atomic E-state index is 0.152. The third-order valence-corrected chi connectivity index (χ3v) is 3.75. The number of aryl methyl sites for hydroxylation is 1. The van der Waals surface area contributed by atoms with E-state index in [1.807, 2.05) is 6.92 Å². The normalized spacial score (nSPS) is 20.6. The van der Waals surface area contributed by atoms with E-state index in [4.69, 9.17) is 22.7 Å². The molecule has 2 N–H and O–H groups in total. The van der Waals surface area contributed by atoms with Crippen molar-refractivity contribution in [2.45, 2.75) is 32.3 Å². The monoisotopic (exact) mass is 249 g/mol. The molecule has 2 nitrogen and oxygen atoms in total. The van der Waals surface area contributed by atoms with Crippen LogP contribution < -0.4 is 5.73 Å². The van der Waals surface area contributed by atoms with Gasteiger partial charge in [0.1, 0.15) is 0 Å². The number of rotatable bonds is 4. The average Bonchev–Trinajstić information content (AvgIpc) is 2.35. The lowest BCUT2D eigenvalue weighted by Gasteiger charge is -2.26. The fraction of sp³-hybridized carbons (Fsp3) is 0.500. The predicted octanol–water partition coefficient (Wildman–Crippen LogP) is 3.00. The van der Waals surface area contributed by atoms with Crippen LogP contribution in [0.2, 0.25) is 0 Å². The second-order valence-electron chi connectivity index (χ2n) is 4.72. The summed E-state index contributed by atoms with van der Waals surface area (Å²) in [7, 11) is 0. The first-order valence-corrected chi connectivity index (χ1v) is 6.58. The van der Waals surface area contributed by atoms with Crippen LogP contribution in [0.5, 0.6) is 0 Å². The van der Waals surface area contributed by atoms with Crippen molar-refractivity contribution in [3.05, 3.63) is 35.4 Å². The zero-order chi connectivity index (χ0) is 12.3. The summed E-state index contributed by atoms with van der Waals surface area (Å²) >= 11 is 4.96. The van der Waals surface area contributed by atoms with Crippen LogP contribution in [0.3, 0.4) is 0 Å². The maximum Gasteiger partial charge on any atom is 0.0828 e. The van der Waals surface area contributed by atoms with Crippen LogP contribution in [-0.2, 0) is 11.2 Å². The number of ether oxygens (including phenoxy) is 1. The fourth-order valence-electron chi connectivity index (χ4n) is 2.23. The lowest BCUT2D eigenvalue weighted by Crippen LogP contribution is -2.24. The molecule has 0 aromatic heterocycles. The van der Waals surface area contributed by atoms with Crippen molar-refractivity contribution in [3.63, 3.8) is 0 Å². The molecule has 1 aromatic rings. The van der Waals surface area contributed by atoms with Gasteiger partial charge in [-0.25, -0.2) is 0 Å². The molecule has 1 aliphatic carbocycles. The molecule has 3 heteroatoms. The predicted molar refractivity (Wildman–Crippen MR) is 74.0 cm³/mol. The SMILES string of the molecule is CC(COC1CCCc2ccccc21)C(N)=S. The molecular formula is C14H19NOS. The van der Waals surface area contributed by atoms with Crippen LogP contribution >= 0.6 is 12.2 Å². The van der Waals surface area contributed by atoms with Crippen molar-refractivity contribution in [2.24, 2.45) is 11.7 Å². The summed E-state index contributed by atoms with van der Waals surface area (Å²) in [4.78, 5) is 0.536. The van der Waals surface area contributed by atoms with Crippen LogP contribution in [0, 0.1) is 5.92 Å². The standard InChI is InChI=1S/C14H19NOS/c1-10(14(15)17)9-16-13-8-4-6-11-5-2-3-7-12(11)13/h2-3,5,7,10,13H,4,6,8-9H2,1H3,(H2,15,17). The third kappa shape index (κ3) is 3.05. The molecule has 0 aliphatic heterocycles. The first-order chi connectivity index (χ1) is 8.18. The van der Waals surface area contributed by atoms with E-state index in [2.05, 4.69) is 24.3 Å². The summed E-state index contributed by atoms with van der Waals surface area (Å²) in [5.41, 5.74) is 8.36. The van der Waals surface area contributed by atoms with Crippen molar-refractivity contribution in [1.29, 1.82) is 0 Å². The van der Waals surface area contributed by atoms with Gasteiger partial charge >= 0.3 is 0 Å². The number of thiocarbonyl (C=S) groups is 1. The molecular weight excluding hydrogens is 230 g/mol. The Morgan fingerprint density at radius 1 is 1.53 bits per heavy atom. The molecule has 2 atom stereocenters. The van der Waals surface area contributed by atoms with E-state index in [-0.39, 0.29) is 12.0 Å². The molecule has 17 heavy (non-hydrogen) atoms. The molecule has 1 aromatic carbocycles. The van der Waals surface area contributed by atoms with Crippen LogP contribution in [0.1, 0.15) is 37.0 Å². The molecule has 0 fully saturated rings. The topological polar surface area (TPSA) is 35.2 Å². The van der Waals surface area contributed by atoms with Gasteiger partial charge in [-0.15, -0.1) is 0 Å². The van der Waals surface area contributed by atoms with E-state index in [0.29, 0.717) is 11.6 Å². The number of benzene rings is 1. The Bertz CT molecular complexity index is 405. The maximum atomic E-state index is 5.96. The van der Waals surface area contributed by atoms with Crippen molar-refractivity contribution >= 4 is 17.2 Å². The maximum absolute atomic E-state index is 5.96. The van der Waals surface area contributed by atoms with Crippen molar-refractivity contribution in [1.82, 2.24) is 0 Å². The van der Waals surface area contributed by atoms with Gasteiger partial charge in [0.25, 0.3) is 0 Å². The zero-order valence-electron chi connectivity index (χ0n) is 10.2. The first-order valence-electron chi connectivity index (χ1n) is 6.17. The van der Waals surface area contributed by atoms with Crippen molar-refractivity contribution in [3.8, 4) is 0 Å². The Balaban J connectivity index is 2.01. The molecule has 2 unspecified atom stereocenters. The largest absolute Gasteiger partial charge is 0.393 e. The summed E-state index contributed by atoms with van der Waals surface area (Å²) in [5.74, 6) is 0.152. The van der Waals surface area contributed by atoms with Crippen LogP contribution in [0.4, 0.5) is 0 Å². The first kappa shape index (κ1) is 12.5. The van der Waals surface area contributed by atoms with Crippen LogP contribution in [0.25, 0.3) is 0 Å². The lowest BCUT2D eigenvalue weighted by atomic mass is 9.89. The minimum absolute atomic E-state index is 0.152. The molecule has 92 valence electrons. The van der Waals surface area contributed by atoms with E-state index in [0.717, 1.165) is 6.42 Å². The summed E-state index contributed by atoms with van der Waals surface area (Å²) in [6, 6.07) is 8.54. The zero-order valence-corrected chi connectivity index (χ0v) is 11.0. The molecule has 0 heterocycles. The van der Waals surface area contributed by atoms with Gasteiger partial charge in [0, 0.05) is 5.92 Å². The second kappa shape index (κ2) is 5.61. The summed E-state index contributed by atoms with van der Waals surface area (Å²) in [6.45, 7) is 2.63. The molecule has 0 amide bonds. The average molecular weight is 249 g/mol. The number of hydrogen-bond acceptors (Lipinski definition) is 2. The minimum Gasteiger partial charge on any atom is -0.393 e. The molecule has 0 saturated heterocycles. The van der Waals surface area contributed by atoms with Gasteiger partial charge < -0.3 is 10.5 Å². The van der Waals surface area contributed by atoms with E-state index in [9.17, 15) is 0 Å². The lowest BCUT2D eigenvalue weighted by molar-refractivity contribution is 0.0319. The Hall–Kier alpha value is -0.930. The molecule has 0 radical (unpaired) electrons. The van der Waals surface area contributed by atoms with Crippen LogP contribution in [0.15, 0.2) is 24.3 Å². The van der Waals surface area contributed by atoms with Crippen molar-refractivity contribution < 1.29 is 4.74 Å². The summed E-state index contributed by atoms with van der Waals surface area (Å²) in [5, 5.41) is 0. The van der Waals surface area contributed by atoms with Crippen LogP contribution in [-0.4, -0.2) is 11.6 Å². The Labute approximate surface area is 108 Å². The highest BCUT2D eigenvalue weighted by Gasteiger charge is 2.21. The van der Waals surface area contributed by atoms with E-state index < -0.39 is 0 Å². The number of hydrogen-bond donors (Lipinski definition) is 1. The molecule has 0 spiro atoms. The van der Waals surface area contributed by atoms with E-state index in [1.54, 1.807) is 0 Å². The van der Waals surface area contributed by atoms with E-state index in [1.165, 1.54) is 24.0 Å². The molecule has 0 bridgehead atoms.